The van der Waals surface area contributed by atoms with E-state index in [1.807, 2.05) is 36.4 Å². The lowest BCUT2D eigenvalue weighted by molar-refractivity contribution is 0.0712. The predicted octanol–water partition coefficient (Wildman–Crippen LogP) is 4.06. The quantitative estimate of drug-likeness (QED) is 0.600. The van der Waals surface area contributed by atoms with Crippen molar-refractivity contribution >= 4 is 30.7 Å². The highest BCUT2D eigenvalue weighted by molar-refractivity contribution is 5.94. The number of hydrogen-bond acceptors (Lipinski definition) is 3. The van der Waals surface area contributed by atoms with E-state index in [0.717, 1.165) is 24.2 Å². The molecule has 0 radical (unpaired) electrons. The van der Waals surface area contributed by atoms with Gasteiger partial charge in [0.15, 0.2) is 0 Å². The summed E-state index contributed by atoms with van der Waals surface area (Å²) in [5.74, 6) is -0.123. The molecule has 1 amide bonds. The van der Waals surface area contributed by atoms with Crippen molar-refractivity contribution in [1.82, 2.24) is 15.2 Å². The molecule has 32 heavy (non-hydrogen) atoms. The largest absolute Gasteiger partial charge is 0.331 e. The number of aromatic nitrogens is 1. The lowest BCUT2D eigenvalue weighted by Crippen LogP contribution is -2.37. The minimum Gasteiger partial charge on any atom is -0.331 e. The molecule has 2 fully saturated rings. The van der Waals surface area contributed by atoms with E-state index in [-0.39, 0.29) is 54.1 Å². The average molecular weight is 476 g/mol. The summed E-state index contributed by atoms with van der Waals surface area (Å²) in [4.78, 5) is 30.8. The van der Waals surface area contributed by atoms with Crippen molar-refractivity contribution in [2.75, 3.05) is 19.6 Å². The lowest BCUT2D eigenvalue weighted by atomic mass is 9.89. The topological polar surface area (TPSA) is 65.2 Å². The average Bonchev–Trinajstić information content (AvgIpc) is 3.35. The van der Waals surface area contributed by atoms with Crippen LogP contribution >= 0.6 is 24.8 Å². The van der Waals surface area contributed by atoms with Gasteiger partial charge in [0, 0.05) is 31.2 Å². The fraction of sp³-hybridized carbons (Fsp3) is 0.250. The van der Waals surface area contributed by atoms with Crippen LogP contribution in [0.1, 0.15) is 22.0 Å². The van der Waals surface area contributed by atoms with Crippen LogP contribution in [0.5, 0.6) is 0 Å². The second-order valence-electron chi connectivity index (χ2n) is 8.02. The molecule has 3 atom stereocenters. The van der Waals surface area contributed by atoms with Crippen LogP contribution < -0.4 is 10.9 Å². The minimum atomic E-state index is -0.408. The molecule has 3 aromatic rings. The molecule has 2 aliphatic heterocycles. The first-order valence-electron chi connectivity index (χ1n) is 10.2. The Balaban J connectivity index is 0.00000144. The van der Waals surface area contributed by atoms with Gasteiger partial charge in [-0.1, -0.05) is 42.5 Å². The third-order valence-electron chi connectivity index (χ3n) is 6.24. The molecular formula is C24H24Cl2FN3O2. The van der Waals surface area contributed by atoms with E-state index < -0.39 is 5.56 Å². The van der Waals surface area contributed by atoms with Gasteiger partial charge >= 0.3 is 0 Å². The predicted molar refractivity (Wildman–Crippen MR) is 127 cm³/mol. The van der Waals surface area contributed by atoms with Crippen LogP contribution in [-0.4, -0.2) is 35.4 Å². The van der Waals surface area contributed by atoms with Gasteiger partial charge in [0.25, 0.3) is 11.5 Å². The molecule has 2 saturated heterocycles. The van der Waals surface area contributed by atoms with Crippen molar-refractivity contribution in [3.05, 3.63) is 94.0 Å². The zero-order valence-corrected chi connectivity index (χ0v) is 18.8. The molecule has 1 aromatic heterocycles. The summed E-state index contributed by atoms with van der Waals surface area (Å²) >= 11 is 0. The monoisotopic (exact) mass is 475 g/mol. The van der Waals surface area contributed by atoms with Crippen LogP contribution in [0.25, 0.3) is 11.3 Å². The van der Waals surface area contributed by atoms with Crippen molar-refractivity contribution in [2.45, 2.75) is 6.04 Å². The Morgan fingerprint density at radius 3 is 2.47 bits per heavy atom. The number of likely N-dealkylation sites (tertiary alicyclic amines) is 1. The van der Waals surface area contributed by atoms with Gasteiger partial charge in [0.1, 0.15) is 11.4 Å². The second-order valence-corrected chi connectivity index (χ2v) is 8.02. The van der Waals surface area contributed by atoms with Gasteiger partial charge in [-0.2, -0.15) is 0 Å². The van der Waals surface area contributed by atoms with E-state index in [1.165, 1.54) is 12.1 Å². The number of aromatic amines is 1. The summed E-state index contributed by atoms with van der Waals surface area (Å²) in [6.07, 6.45) is 0. The summed E-state index contributed by atoms with van der Waals surface area (Å²) in [5.41, 5.74) is 2.03. The molecule has 0 bridgehead atoms. The SMILES string of the molecule is Cl.Cl.O=C(c1ccc(-c2ccccc2)[nH]c1=O)N1C[C@@H]2CNC[C@@H]2[C@H]1c1cccc(F)c1. The number of carbonyl (C=O) groups is 1. The standard InChI is InChI=1S/C24H22FN3O2.2ClH/c25-18-8-4-7-16(11-18)22-20-13-26-12-17(20)14-28(22)24(30)19-9-10-21(27-23(19)29)15-5-2-1-3-6-15;;/h1-11,17,20,22,26H,12-14H2,(H,27,29);2*1H/t17-,20-,22+;;/m0../s1. The van der Waals surface area contributed by atoms with Gasteiger partial charge < -0.3 is 15.2 Å². The number of benzene rings is 2. The van der Waals surface area contributed by atoms with Crippen LogP contribution in [0, 0.1) is 17.7 Å². The fourth-order valence-corrected chi connectivity index (χ4v) is 4.83. The highest BCUT2D eigenvalue weighted by atomic mass is 35.5. The molecule has 168 valence electrons. The number of halogens is 3. The number of nitrogens with one attached hydrogen (secondary N) is 2. The van der Waals surface area contributed by atoms with Gasteiger partial charge in [-0.15, -0.1) is 24.8 Å². The summed E-state index contributed by atoms with van der Waals surface area (Å²) in [7, 11) is 0. The molecule has 0 spiro atoms. The Hall–Kier alpha value is -2.67. The number of rotatable bonds is 3. The number of fused-ring (bicyclic) bond motifs is 1. The molecule has 0 saturated carbocycles. The van der Waals surface area contributed by atoms with Gasteiger partial charge in [-0.3, -0.25) is 9.59 Å². The van der Waals surface area contributed by atoms with E-state index in [2.05, 4.69) is 10.3 Å². The molecule has 2 aliphatic rings. The van der Waals surface area contributed by atoms with Gasteiger partial charge in [0.2, 0.25) is 0 Å². The number of nitrogens with zero attached hydrogens (tertiary/aromatic N) is 1. The smallest absolute Gasteiger partial charge is 0.261 e. The molecule has 5 nitrogen and oxygen atoms in total. The van der Waals surface area contributed by atoms with E-state index in [1.54, 1.807) is 23.1 Å². The number of carbonyl (C=O) groups excluding carboxylic acids is 1. The van der Waals surface area contributed by atoms with Crippen LogP contribution in [0.15, 0.2) is 71.5 Å². The van der Waals surface area contributed by atoms with Crippen molar-refractivity contribution in [3.63, 3.8) is 0 Å². The Morgan fingerprint density at radius 2 is 1.75 bits per heavy atom. The third kappa shape index (κ3) is 4.31. The molecule has 2 N–H and O–H groups in total. The maximum absolute atomic E-state index is 13.9. The van der Waals surface area contributed by atoms with Crippen LogP contribution in [0.4, 0.5) is 4.39 Å². The van der Waals surface area contributed by atoms with E-state index in [9.17, 15) is 14.0 Å². The number of pyridine rings is 1. The highest BCUT2D eigenvalue weighted by Gasteiger charge is 2.47. The summed E-state index contributed by atoms with van der Waals surface area (Å²) in [5, 5.41) is 3.38. The first-order valence-corrected chi connectivity index (χ1v) is 10.2. The van der Waals surface area contributed by atoms with Crippen molar-refractivity contribution < 1.29 is 9.18 Å². The molecule has 8 heteroatoms. The second kappa shape index (κ2) is 9.86. The first-order chi connectivity index (χ1) is 14.6. The van der Waals surface area contributed by atoms with Gasteiger partial charge in [-0.25, -0.2) is 4.39 Å². The molecular weight excluding hydrogens is 452 g/mol. The lowest BCUT2D eigenvalue weighted by Gasteiger charge is -2.28. The highest BCUT2D eigenvalue weighted by Crippen LogP contribution is 2.43. The summed E-state index contributed by atoms with van der Waals surface area (Å²) in [6, 6.07) is 19.0. The minimum absolute atomic E-state index is 0. The Morgan fingerprint density at radius 1 is 0.969 bits per heavy atom. The fourth-order valence-electron chi connectivity index (χ4n) is 4.83. The Bertz CT molecular complexity index is 1160. The third-order valence-corrected chi connectivity index (χ3v) is 6.24. The van der Waals surface area contributed by atoms with Gasteiger partial charge in [-0.05, 0) is 41.3 Å². The Kier molecular flexibility index (Phi) is 7.39. The van der Waals surface area contributed by atoms with Crippen LogP contribution in [0.3, 0.4) is 0 Å². The van der Waals surface area contributed by atoms with E-state index in [0.29, 0.717) is 18.2 Å². The van der Waals surface area contributed by atoms with E-state index in [4.69, 9.17) is 0 Å². The molecule has 2 aromatic carbocycles. The zero-order valence-electron chi connectivity index (χ0n) is 17.2. The number of H-pyrrole nitrogens is 1. The summed E-state index contributed by atoms with van der Waals surface area (Å²) < 4.78 is 13.9. The van der Waals surface area contributed by atoms with Crippen molar-refractivity contribution in [1.29, 1.82) is 0 Å². The van der Waals surface area contributed by atoms with Crippen molar-refractivity contribution in [3.8, 4) is 11.3 Å². The first kappa shape index (κ1) is 24.0. The zero-order chi connectivity index (χ0) is 20.7. The Labute approximate surface area is 197 Å². The summed E-state index contributed by atoms with van der Waals surface area (Å²) in [6.45, 7) is 2.15. The maximum Gasteiger partial charge on any atom is 0.261 e. The normalized spacial score (nSPS) is 21.4. The maximum atomic E-state index is 13.9. The van der Waals surface area contributed by atoms with Gasteiger partial charge in [0.05, 0.1) is 6.04 Å². The molecule has 0 unspecified atom stereocenters. The van der Waals surface area contributed by atoms with Crippen LogP contribution in [0.2, 0.25) is 0 Å². The molecule has 0 aliphatic carbocycles. The number of amides is 1. The molecule has 5 rings (SSSR count). The van der Waals surface area contributed by atoms with Crippen molar-refractivity contribution in [2.24, 2.45) is 11.8 Å². The number of hydrogen-bond donors (Lipinski definition) is 2. The molecule has 3 heterocycles. The van der Waals surface area contributed by atoms with E-state index >= 15 is 0 Å². The van der Waals surface area contributed by atoms with Crippen LogP contribution in [-0.2, 0) is 0 Å².